The molecule has 0 aliphatic rings. The summed E-state index contributed by atoms with van der Waals surface area (Å²) in [7, 11) is 0. The van der Waals surface area contributed by atoms with E-state index in [1.54, 1.807) is 18.3 Å². The Balaban J connectivity index is 2.06. The number of fused-ring (bicyclic) bond motifs is 1. The molecule has 0 saturated carbocycles. The number of nitrogens with zero attached hydrogens (tertiary/aromatic N) is 1. The third-order valence-corrected chi connectivity index (χ3v) is 3.22. The van der Waals surface area contributed by atoms with Gasteiger partial charge in [0.15, 0.2) is 0 Å². The summed E-state index contributed by atoms with van der Waals surface area (Å²) in [6.45, 7) is 2.65. The van der Waals surface area contributed by atoms with Gasteiger partial charge in [-0.2, -0.15) is 0 Å². The van der Waals surface area contributed by atoms with Gasteiger partial charge in [0.2, 0.25) is 0 Å². The number of phenolic OH excluding ortho intramolecular Hbond substituents is 1. The molecule has 0 saturated heterocycles. The van der Waals surface area contributed by atoms with Crippen molar-refractivity contribution in [2.75, 3.05) is 11.9 Å². The lowest BCUT2D eigenvalue weighted by molar-refractivity contribution is -0.137. The fraction of sp³-hybridized carbons (Fsp3) is 0.333. The minimum absolute atomic E-state index is 0.173. The normalized spacial score (nSPS) is 12.2. The number of carboxylic acid groups (broad SMARTS) is 1. The maximum Gasteiger partial charge on any atom is 0.303 e. The Bertz CT molecular complexity index is 613. The average molecular weight is 274 g/mol. The fourth-order valence-corrected chi connectivity index (χ4v) is 2.04. The van der Waals surface area contributed by atoms with Crippen LogP contribution in [-0.4, -0.2) is 27.7 Å². The first kappa shape index (κ1) is 14.1. The van der Waals surface area contributed by atoms with E-state index in [9.17, 15) is 9.90 Å². The highest BCUT2D eigenvalue weighted by atomic mass is 16.4. The Morgan fingerprint density at radius 3 is 2.95 bits per heavy atom. The quantitative estimate of drug-likeness (QED) is 0.754. The van der Waals surface area contributed by atoms with Crippen molar-refractivity contribution in [2.24, 2.45) is 5.92 Å². The molecule has 0 aliphatic carbocycles. The van der Waals surface area contributed by atoms with Crippen LogP contribution in [0.3, 0.4) is 0 Å². The van der Waals surface area contributed by atoms with Crippen LogP contribution in [-0.2, 0) is 4.79 Å². The molecule has 0 spiro atoms. The van der Waals surface area contributed by atoms with Crippen molar-refractivity contribution in [1.82, 2.24) is 4.98 Å². The van der Waals surface area contributed by atoms with Crippen molar-refractivity contribution in [3.05, 3.63) is 30.5 Å². The molecule has 2 rings (SSSR count). The highest BCUT2D eigenvalue weighted by Crippen LogP contribution is 2.25. The molecule has 1 atom stereocenters. The molecule has 0 radical (unpaired) electrons. The predicted octanol–water partition coefficient (Wildman–Crippen LogP) is 2.85. The Morgan fingerprint density at radius 1 is 1.40 bits per heavy atom. The molecular formula is C15H18N2O3. The lowest BCUT2D eigenvalue weighted by Gasteiger charge is -2.13. The van der Waals surface area contributed by atoms with Crippen molar-refractivity contribution in [2.45, 2.75) is 19.8 Å². The summed E-state index contributed by atoms with van der Waals surface area (Å²) in [5, 5.41) is 23.3. The lowest BCUT2D eigenvalue weighted by Crippen LogP contribution is -2.13. The number of phenols is 1. The van der Waals surface area contributed by atoms with Crippen LogP contribution < -0.4 is 5.32 Å². The molecule has 3 N–H and O–H groups in total. The van der Waals surface area contributed by atoms with E-state index in [0.29, 0.717) is 18.8 Å². The first-order valence-electron chi connectivity index (χ1n) is 6.59. The predicted molar refractivity (Wildman–Crippen MR) is 77.9 cm³/mol. The van der Waals surface area contributed by atoms with Gasteiger partial charge in [-0.1, -0.05) is 13.0 Å². The average Bonchev–Trinajstić information content (AvgIpc) is 2.42. The smallest absolute Gasteiger partial charge is 0.303 e. The number of aromatic nitrogens is 1. The third kappa shape index (κ3) is 3.60. The van der Waals surface area contributed by atoms with Crippen molar-refractivity contribution in [3.8, 4) is 5.75 Å². The molecule has 1 aromatic carbocycles. The first-order valence-corrected chi connectivity index (χ1v) is 6.59. The topological polar surface area (TPSA) is 82.5 Å². The van der Waals surface area contributed by atoms with Crippen molar-refractivity contribution < 1.29 is 15.0 Å². The van der Waals surface area contributed by atoms with Gasteiger partial charge in [0.25, 0.3) is 0 Å². The number of hydrogen-bond acceptors (Lipinski definition) is 4. The molecule has 106 valence electrons. The SMILES string of the molecule is CC(CCC(=O)O)CNc1nccc2ccc(O)cc12. The van der Waals surface area contributed by atoms with Gasteiger partial charge in [-0.15, -0.1) is 0 Å². The van der Waals surface area contributed by atoms with Gasteiger partial charge >= 0.3 is 5.97 Å². The highest BCUT2D eigenvalue weighted by molar-refractivity contribution is 5.92. The molecule has 0 bridgehead atoms. The number of nitrogens with one attached hydrogen (secondary N) is 1. The van der Waals surface area contributed by atoms with E-state index in [1.165, 1.54) is 0 Å². The van der Waals surface area contributed by atoms with Crippen LogP contribution in [0.1, 0.15) is 19.8 Å². The number of anilines is 1. The molecule has 0 aliphatic heterocycles. The van der Waals surface area contributed by atoms with Gasteiger partial charge in [-0.3, -0.25) is 4.79 Å². The van der Waals surface area contributed by atoms with Crippen LogP contribution in [0.2, 0.25) is 0 Å². The minimum atomic E-state index is -0.773. The van der Waals surface area contributed by atoms with Gasteiger partial charge in [0, 0.05) is 24.5 Å². The molecule has 0 amide bonds. The number of rotatable bonds is 6. The van der Waals surface area contributed by atoms with E-state index >= 15 is 0 Å². The van der Waals surface area contributed by atoms with Gasteiger partial charge in [0.05, 0.1) is 0 Å². The molecular weight excluding hydrogens is 256 g/mol. The zero-order valence-corrected chi connectivity index (χ0v) is 11.3. The van der Waals surface area contributed by atoms with E-state index in [2.05, 4.69) is 10.3 Å². The summed E-state index contributed by atoms with van der Waals surface area (Å²) in [5.41, 5.74) is 0. The third-order valence-electron chi connectivity index (χ3n) is 3.22. The Labute approximate surface area is 117 Å². The minimum Gasteiger partial charge on any atom is -0.508 e. The van der Waals surface area contributed by atoms with Gasteiger partial charge in [-0.25, -0.2) is 4.98 Å². The van der Waals surface area contributed by atoms with E-state index < -0.39 is 5.97 Å². The Hall–Kier alpha value is -2.30. The zero-order chi connectivity index (χ0) is 14.5. The van der Waals surface area contributed by atoms with Crippen LogP contribution >= 0.6 is 0 Å². The van der Waals surface area contributed by atoms with Gasteiger partial charge in [0.1, 0.15) is 11.6 Å². The Morgan fingerprint density at radius 2 is 2.20 bits per heavy atom. The largest absolute Gasteiger partial charge is 0.508 e. The monoisotopic (exact) mass is 274 g/mol. The van der Waals surface area contributed by atoms with E-state index in [-0.39, 0.29) is 18.1 Å². The summed E-state index contributed by atoms with van der Waals surface area (Å²) in [6, 6.07) is 7.04. The van der Waals surface area contributed by atoms with Crippen LogP contribution in [0.15, 0.2) is 30.5 Å². The number of pyridine rings is 1. The molecule has 1 unspecified atom stereocenters. The number of aromatic hydroxyl groups is 1. The highest BCUT2D eigenvalue weighted by Gasteiger charge is 2.08. The summed E-state index contributed by atoms with van der Waals surface area (Å²) in [6.07, 6.45) is 2.51. The molecule has 5 nitrogen and oxygen atoms in total. The van der Waals surface area contributed by atoms with Crippen LogP contribution in [0.4, 0.5) is 5.82 Å². The molecule has 1 aromatic heterocycles. The number of benzene rings is 1. The van der Waals surface area contributed by atoms with E-state index in [0.717, 1.165) is 10.8 Å². The second-order valence-electron chi connectivity index (χ2n) is 4.98. The summed E-state index contributed by atoms with van der Waals surface area (Å²) in [4.78, 5) is 14.8. The number of carboxylic acids is 1. The second kappa shape index (κ2) is 6.23. The standard InChI is InChI=1S/C15H18N2O3/c1-10(2-5-14(19)20)9-17-15-13-8-12(18)4-3-11(13)6-7-16-15/h3-4,6-8,10,18H,2,5,9H2,1H3,(H,16,17)(H,19,20). The van der Waals surface area contributed by atoms with E-state index in [1.807, 2.05) is 19.1 Å². The van der Waals surface area contributed by atoms with Crippen LogP contribution in [0, 0.1) is 5.92 Å². The van der Waals surface area contributed by atoms with Gasteiger partial charge < -0.3 is 15.5 Å². The van der Waals surface area contributed by atoms with Crippen molar-refractivity contribution in [1.29, 1.82) is 0 Å². The molecule has 20 heavy (non-hydrogen) atoms. The zero-order valence-electron chi connectivity index (χ0n) is 11.3. The van der Waals surface area contributed by atoms with Crippen LogP contribution in [0.25, 0.3) is 10.8 Å². The lowest BCUT2D eigenvalue weighted by atomic mass is 10.1. The number of aliphatic carboxylic acids is 1. The molecule has 0 fully saturated rings. The van der Waals surface area contributed by atoms with Gasteiger partial charge in [-0.05, 0) is 35.9 Å². The summed E-state index contributed by atoms with van der Waals surface area (Å²) in [5.74, 6) is 0.374. The summed E-state index contributed by atoms with van der Waals surface area (Å²) >= 11 is 0. The summed E-state index contributed by atoms with van der Waals surface area (Å²) < 4.78 is 0. The van der Waals surface area contributed by atoms with Crippen molar-refractivity contribution in [3.63, 3.8) is 0 Å². The molecule has 1 heterocycles. The van der Waals surface area contributed by atoms with Crippen LogP contribution in [0.5, 0.6) is 5.75 Å². The second-order valence-corrected chi connectivity index (χ2v) is 4.98. The number of hydrogen-bond donors (Lipinski definition) is 3. The molecule has 5 heteroatoms. The molecule has 2 aromatic rings. The Kier molecular flexibility index (Phi) is 4.40. The maximum atomic E-state index is 10.5. The number of carbonyl (C=O) groups is 1. The fourth-order valence-electron chi connectivity index (χ4n) is 2.04. The first-order chi connectivity index (χ1) is 9.56. The maximum absolute atomic E-state index is 10.5. The van der Waals surface area contributed by atoms with E-state index in [4.69, 9.17) is 5.11 Å². The van der Waals surface area contributed by atoms with Crippen molar-refractivity contribution >= 4 is 22.6 Å².